The molecule has 0 saturated carbocycles. The highest BCUT2D eigenvalue weighted by atomic mass is 35.5. The van der Waals surface area contributed by atoms with Crippen molar-refractivity contribution in [1.82, 2.24) is 10.2 Å². The Balaban J connectivity index is 1.74. The summed E-state index contributed by atoms with van der Waals surface area (Å²) in [5.41, 5.74) is 1.84. The number of rotatable bonds is 6. The van der Waals surface area contributed by atoms with E-state index in [9.17, 15) is 4.79 Å². The molecule has 1 saturated heterocycles. The van der Waals surface area contributed by atoms with Crippen molar-refractivity contribution in [3.8, 4) is 0 Å². The third-order valence-corrected chi connectivity index (χ3v) is 5.55. The SMILES string of the molecule is C[C@@H](NC(=O)Cc1c(Cl)cccc1Cl)[C@@H](c1ccccc1)N1CCOCC1. The van der Waals surface area contributed by atoms with Crippen LogP contribution in [0.1, 0.15) is 24.1 Å². The fourth-order valence-electron chi connectivity index (χ4n) is 3.57. The predicted molar refractivity (Wildman–Crippen MR) is 109 cm³/mol. The Morgan fingerprint density at radius 1 is 1.07 bits per heavy atom. The van der Waals surface area contributed by atoms with Crippen LogP contribution >= 0.6 is 23.2 Å². The third-order valence-electron chi connectivity index (χ3n) is 4.84. The number of amides is 1. The van der Waals surface area contributed by atoms with E-state index < -0.39 is 0 Å². The number of ether oxygens (including phenoxy) is 1. The highest BCUT2D eigenvalue weighted by Crippen LogP contribution is 2.27. The van der Waals surface area contributed by atoms with Crippen molar-refractivity contribution in [1.29, 1.82) is 0 Å². The van der Waals surface area contributed by atoms with Gasteiger partial charge in [0, 0.05) is 29.2 Å². The maximum Gasteiger partial charge on any atom is 0.224 e. The maximum atomic E-state index is 12.7. The Hall–Kier alpha value is -1.59. The number of nitrogens with zero attached hydrogens (tertiary/aromatic N) is 1. The van der Waals surface area contributed by atoms with Crippen molar-refractivity contribution >= 4 is 29.1 Å². The minimum Gasteiger partial charge on any atom is -0.379 e. The fourth-order valence-corrected chi connectivity index (χ4v) is 4.10. The van der Waals surface area contributed by atoms with Crippen LogP contribution in [0, 0.1) is 0 Å². The van der Waals surface area contributed by atoms with Crippen LogP contribution in [0.2, 0.25) is 10.0 Å². The second-order valence-electron chi connectivity index (χ2n) is 6.74. The minimum atomic E-state index is -0.0910. The molecule has 1 amide bonds. The topological polar surface area (TPSA) is 41.6 Å². The number of carbonyl (C=O) groups is 1. The number of carbonyl (C=O) groups excluding carboxylic acids is 1. The first kappa shape index (κ1) is 20.2. The Labute approximate surface area is 170 Å². The summed E-state index contributed by atoms with van der Waals surface area (Å²) in [4.78, 5) is 15.0. The summed E-state index contributed by atoms with van der Waals surface area (Å²) < 4.78 is 5.49. The first-order chi connectivity index (χ1) is 13.1. The lowest BCUT2D eigenvalue weighted by molar-refractivity contribution is -0.121. The number of hydrogen-bond donors (Lipinski definition) is 1. The van der Waals surface area contributed by atoms with Gasteiger partial charge in [-0.3, -0.25) is 9.69 Å². The normalized spacial score (nSPS) is 17.3. The number of hydrogen-bond acceptors (Lipinski definition) is 3. The molecular weight excluding hydrogens is 383 g/mol. The van der Waals surface area contributed by atoms with Crippen LogP contribution in [0.4, 0.5) is 0 Å². The average Bonchev–Trinajstić information content (AvgIpc) is 2.67. The molecule has 1 aliphatic rings. The number of nitrogens with one attached hydrogen (secondary N) is 1. The van der Waals surface area contributed by atoms with Crippen molar-refractivity contribution in [3.63, 3.8) is 0 Å². The molecule has 0 bridgehead atoms. The van der Waals surface area contributed by atoms with Gasteiger partial charge < -0.3 is 10.1 Å². The standard InChI is InChI=1S/C21H24Cl2N2O2/c1-15(24-20(26)14-17-18(22)8-5-9-19(17)23)21(16-6-3-2-4-7-16)25-10-12-27-13-11-25/h2-9,15,21H,10-14H2,1H3,(H,24,26)/t15-,21+/m1/s1. The predicted octanol–water partition coefficient (Wildman–Crippen LogP) is 4.11. The highest BCUT2D eigenvalue weighted by molar-refractivity contribution is 6.36. The zero-order valence-corrected chi connectivity index (χ0v) is 16.8. The van der Waals surface area contributed by atoms with Crippen LogP contribution in [-0.4, -0.2) is 43.2 Å². The molecule has 0 aromatic heterocycles. The molecule has 4 nitrogen and oxygen atoms in total. The van der Waals surface area contributed by atoms with E-state index in [-0.39, 0.29) is 24.4 Å². The molecular formula is C21H24Cl2N2O2. The number of benzene rings is 2. The highest BCUT2D eigenvalue weighted by Gasteiger charge is 2.28. The van der Waals surface area contributed by atoms with Gasteiger partial charge in [-0.2, -0.15) is 0 Å². The zero-order chi connectivity index (χ0) is 19.2. The van der Waals surface area contributed by atoms with Gasteiger partial charge in [-0.05, 0) is 30.2 Å². The lowest BCUT2D eigenvalue weighted by Gasteiger charge is -2.38. The number of morpholine rings is 1. The molecule has 2 aromatic carbocycles. The van der Waals surface area contributed by atoms with Crippen LogP contribution < -0.4 is 5.32 Å². The van der Waals surface area contributed by atoms with Gasteiger partial charge in [0.05, 0.1) is 25.7 Å². The van der Waals surface area contributed by atoms with Gasteiger partial charge >= 0.3 is 0 Å². The summed E-state index contributed by atoms with van der Waals surface area (Å²) in [5.74, 6) is -0.0910. The Bertz CT molecular complexity index is 744. The molecule has 144 valence electrons. The minimum absolute atomic E-state index is 0.0701. The Morgan fingerprint density at radius 3 is 2.33 bits per heavy atom. The van der Waals surface area contributed by atoms with Gasteiger partial charge in [0.15, 0.2) is 0 Å². The average molecular weight is 407 g/mol. The lowest BCUT2D eigenvalue weighted by atomic mass is 9.97. The molecule has 0 aliphatic carbocycles. The van der Waals surface area contributed by atoms with Crippen LogP contribution in [0.3, 0.4) is 0 Å². The molecule has 0 spiro atoms. The van der Waals surface area contributed by atoms with Gasteiger partial charge in [0.2, 0.25) is 5.91 Å². The van der Waals surface area contributed by atoms with Crippen molar-refractivity contribution in [2.75, 3.05) is 26.3 Å². The van der Waals surface area contributed by atoms with Gasteiger partial charge in [0.1, 0.15) is 0 Å². The first-order valence-electron chi connectivity index (χ1n) is 9.15. The largest absolute Gasteiger partial charge is 0.379 e. The molecule has 2 aromatic rings. The van der Waals surface area contributed by atoms with Crippen molar-refractivity contribution in [2.45, 2.75) is 25.4 Å². The van der Waals surface area contributed by atoms with Crippen LogP contribution in [0.25, 0.3) is 0 Å². The lowest BCUT2D eigenvalue weighted by Crippen LogP contribution is -2.48. The zero-order valence-electron chi connectivity index (χ0n) is 15.3. The van der Waals surface area contributed by atoms with Crippen molar-refractivity contribution in [3.05, 3.63) is 69.7 Å². The van der Waals surface area contributed by atoms with Crippen LogP contribution in [0.5, 0.6) is 0 Å². The molecule has 3 rings (SSSR count). The van der Waals surface area contributed by atoms with E-state index in [4.69, 9.17) is 27.9 Å². The van der Waals surface area contributed by atoms with E-state index in [2.05, 4.69) is 22.3 Å². The van der Waals surface area contributed by atoms with E-state index >= 15 is 0 Å². The monoisotopic (exact) mass is 406 g/mol. The fraction of sp³-hybridized carbons (Fsp3) is 0.381. The second-order valence-corrected chi connectivity index (χ2v) is 7.55. The third kappa shape index (κ3) is 5.23. The second kappa shape index (κ2) is 9.56. The Kier molecular flexibility index (Phi) is 7.13. The summed E-state index contributed by atoms with van der Waals surface area (Å²) >= 11 is 12.4. The van der Waals surface area contributed by atoms with E-state index in [0.717, 1.165) is 13.1 Å². The van der Waals surface area contributed by atoms with Gasteiger partial charge in [-0.1, -0.05) is 59.6 Å². The summed E-state index contributed by atoms with van der Waals surface area (Å²) in [7, 11) is 0. The van der Waals surface area contributed by atoms with Crippen molar-refractivity contribution in [2.24, 2.45) is 0 Å². The van der Waals surface area contributed by atoms with E-state index in [1.54, 1.807) is 18.2 Å². The quantitative estimate of drug-likeness (QED) is 0.784. The smallest absolute Gasteiger partial charge is 0.224 e. The van der Waals surface area contributed by atoms with E-state index in [1.807, 2.05) is 25.1 Å². The molecule has 2 atom stereocenters. The molecule has 0 radical (unpaired) electrons. The molecule has 1 heterocycles. The van der Waals surface area contributed by atoms with E-state index in [0.29, 0.717) is 28.8 Å². The van der Waals surface area contributed by atoms with Crippen LogP contribution in [0.15, 0.2) is 48.5 Å². The number of halogens is 2. The Morgan fingerprint density at radius 2 is 1.70 bits per heavy atom. The van der Waals surface area contributed by atoms with Crippen LogP contribution in [-0.2, 0) is 16.0 Å². The van der Waals surface area contributed by atoms with E-state index in [1.165, 1.54) is 5.56 Å². The summed E-state index contributed by atoms with van der Waals surface area (Å²) in [6.07, 6.45) is 0.160. The maximum absolute atomic E-state index is 12.7. The molecule has 27 heavy (non-hydrogen) atoms. The molecule has 1 aliphatic heterocycles. The molecule has 0 unspecified atom stereocenters. The summed E-state index contributed by atoms with van der Waals surface area (Å²) in [5, 5.41) is 4.16. The molecule has 1 fully saturated rings. The molecule has 1 N–H and O–H groups in total. The van der Waals surface area contributed by atoms with Gasteiger partial charge in [-0.15, -0.1) is 0 Å². The first-order valence-corrected chi connectivity index (χ1v) is 9.91. The van der Waals surface area contributed by atoms with Crippen molar-refractivity contribution < 1.29 is 9.53 Å². The van der Waals surface area contributed by atoms with Gasteiger partial charge in [0.25, 0.3) is 0 Å². The summed E-state index contributed by atoms with van der Waals surface area (Å²) in [6.45, 7) is 5.14. The summed E-state index contributed by atoms with van der Waals surface area (Å²) in [6, 6.07) is 15.6. The van der Waals surface area contributed by atoms with Gasteiger partial charge in [-0.25, -0.2) is 0 Å². The molecule has 6 heteroatoms.